The number of aromatic amines is 1. The van der Waals surface area contributed by atoms with Crippen LogP contribution in [0.25, 0.3) is 0 Å². The second kappa shape index (κ2) is 8.47. The van der Waals surface area contributed by atoms with Gasteiger partial charge >= 0.3 is 0 Å². The van der Waals surface area contributed by atoms with Crippen molar-refractivity contribution < 1.29 is 14.3 Å². The molecule has 1 saturated heterocycles. The highest BCUT2D eigenvalue weighted by Crippen LogP contribution is 2.16. The van der Waals surface area contributed by atoms with Crippen LogP contribution in [-0.4, -0.2) is 30.2 Å². The van der Waals surface area contributed by atoms with Crippen molar-refractivity contribution in [3.63, 3.8) is 0 Å². The monoisotopic (exact) mass is 339 g/mol. The number of ether oxygens (including phenoxy) is 2. The van der Waals surface area contributed by atoms with Crippen molar-refractivity contribution in [3.8, 4) is 6.07 Å². The van der Waals surface area contributed by atoms with Crippen LogP contribution in [0.5, 0.6) is 0 Å². The first-order valence-electron chi connectivity index (χ1n) is 8.43. The fourth-order valence-corrected chi connectivity index (χ4v) is 2.78. The minimum absolute atomic E-state index is 0.193. The van der Waals surface area contributed by atoms with E-state index in [-0.39, 0.29) is 12.0 Å². The summed E-state index contributed by atoms with van der Waals surface area (Å²) in [5, 5.41) is 11.6. The molecule has 2 N–H and O–H groups in total. The summed E-state index contributed by atoms with van der Waals surface area (Å²) in [4.78, 5) is 14.9. The molecule has 1 aliphatic rings. The fourth-order valence-electron chi connectivity index (χ4n) is 2.78. The van der Waals surface area contributed by atoms with E-state index in [2.05, 4.69) is 10.3 Å². The zero-order valence-electron chi connectivity index (χ0n) is 14.0. The number of carbonyl (C=O) groups is 1. The van der Waals surface area contributed by atoms with Crippen molar-refractivity contribution in [2.24, 2.45) is 0 Å². The summed E-state index contributed by atoms with van der Waals surface area (Å²) in [5.41, 5.74) is 2.39. The highest BCUT2D eigenvalue weighted by molar-refractivity contribution is 6.03. The number of hydrogen-bond acceptors (Lipinski definition) is 4. The van der Waals surface area contributed by atoms with Crippen molar-refractivity contribution in [1.82, 2.24) is 4.98 Å². The standard InChI is InChI=1S/C19H21N3O3/c20-11-16-7-8-18(21-16)19(23)22-15-5-3-4-14(10-15)12-24-13-17-6-1-2-9-25-17/h3-5,7-8,10,17,21H,1-2,6,9,12-13H2,(H,22,23). The number of amides is 1. The molecule has 1 fully saturated rings. The maximum absolute atomic E-state index is 12.2. The van der Waals surface area contributed by atoms with Crippen LogP contribution in [0.15, 0.2) is 36.4 Å². The Balaban J connectivity index is 1.52. The SMILES string of the molecule is N#Cc1ccc(C(=O)Nc2cccc(COCC3CCCCO3)c2)[nH]1. The molecule has 1 atom stereocenters. The highest BCUT2D eigenvalue weighted by Gasteiger charge is 2.14. The quantitative estimate of drug-likeness (QED) is 0.846. The van der Waals surface area contributed by atoms with E-state index in [9.17, 15) is 4.79 Å². The van der Waals surface area contributed by atoms with Crippen LogP contribution in [0.4, 0.5) is 5.69 Å². The number of H-pyrrole nitrogens is 1. The van der Waals surface area contributed by atoms with Gasteiger partial charge in [-0.2, -0.15) is 5.26 Å². The lowest BCUT2D eigenvalue weighted by molar-refractivity contribution is -0.0447. The molecule has 2 aromatic rings. The number of carbonyl (C=O) groups excluding carboxylic acids is 1. The zero-order chi connectivity index (χ0) is 17.5. The molecule has 1 unspecified atom stereocenters. The van der Waals surface area contributed by atoms with Gasteiger partial charge in [0.1, 0.15) is 17.5 Å². The number of nitrogens with zero attached hydrogens (tertiary/aromatic N) is 1. The van der Waals surface area contributed by atoms with E-state index in [1.54, 1.807) is 12.1 Å². The van der Waals surface area contributed by atoms with Crippen LogP contribution in [0.2, 0.25) is 0 Å². The van der Waals surface area contributed by atoms with Crippen LogP contribution in [0, 0.1) is 11.3 Å². The molecular formula is C19H21N3O3. The molecule has 3 rings (SSSR count). The first-order valence-corrected chi connectivity index (χ1v) is 8.43. The molecule has 0 saturated carbocycles. The van der Waals surface area contributed by atoms with E-state index in [0.29, 0.717) is 30.3 Å². The summed E-state index contributed by atoms with van der Waals surface area (Å²) >= 11 is 0. The Kier molecular flexibility index (Phi) is 5.83. The zero-order valence-corrected chi connectivity index (χ0v) is 14.0. The number of nitriles is 1. The van der Waals surface area contributed by atoms with Gasteiger partial charge in [0.2, 0.25) is 0 Å². The molecular weight excluding hydrogens is 318 g/mol. The minimum atomic E-state index is -0.282. The van der Waals surface area contributed by atoms with Gasteiger partial charge in [0.25, 0.3) is 5.91 Å². The van der Waals surface area contributed by atoms with Crippen LogP contribution in [0.1, 0.15) is 41.0 Å². The lowest BCUT2D eigenvalue weighted by atomic mass is 10.1. The average Bonchev–Trinajstić information content (AvgIpc) is 3.12. The number of rotatable bonds is 6. The van der Waals surface area contributed by atoms with Gasteiger partial charge in [0.05, 0.1) is 19.3 Å². The van der Waals surface area contributed by atoms with Crippen molar-refractivity contribution in [2.45, 2.75) is 32.0 Å². The summed E-state index contributed by atoms with van der Waals surface area (Å²) < 4.78 is 11.4. The van der Waals surface area contributed by atoms with Crippen molar-refractivity contribution in [1.29, 1.82) is 5.26 Å². The Morgan fingerprint density at radius 3 is 3.04 bits per heavy atom. The van der Waals surface area contributed by atoms with Gasteiger partial charge in [-0.05, 0) is 49.1 Å². The number of benzene rings is 1. The predicted molar refractivity (Wildman–Crippen MR) is 93.1 cm³/mol. The average molecular weight is 339 g/mol. The van der Waals surface area contributed by atoms with E-state index in [0.717, 1.165) is 25.0 Å². The third kappa shape index (κ3) is 4.92. The Morgan fingerprint density at radius 1 is 1.36 bits per heavy atom. The second-order valence-electron chi connectivity index (χ2n) is 6.06. The number of aromatic nitrogens is 1. The summed E-state index contributed by atoms with van der Waals surface area (Å²) in [7, 11) is 0. The van der Waals surface area contributed by atoms with Crippen LogP contribution in [0.3, 0.4) is 0 Å². The third-order valence-corrected chi connectivity index (χ3v) is 4.08. The van der Waals surface area contributed by atoms with Gasteiger partial charge in [-0.15, -0.1) is 0 Å². The lowest BCUT2D eigenvalue weighted by Crippen LogP contribution is -2.24. The highest BCUT2D eigenvalue weighted by atomic mass is 16.5. The summed E-state index contributed by atoms with van der Waals surface area (Å²) in [6, 6.07) is 12.7. The molecule has 0 bridgehead atoms. The molecule has 2 heterocycles. The summed E-state index contributed by atoms with van der Waals surface area (Å²) in [5.74, 6) is -0.282. The van der Waals surface area contributed by atoms with Gasteiger partial charge in [-0.1, -0.05) is 12.1 Å². The molecule has 1 aliphatic heterocycles. The Bertz CT molecular complexity index is 757. The second-order valence-corrected chi connectivity index (χ2v) is 6.06. The van der Waals surface area contributed by atoms with Crippen molar-refractivity contribution in [3.05, 3.63) is 53.3 Å². The topological polar surface area (TPSA) is 87.1 Å². The van der Waals surface area contributed by atoms with Gasteiger partial charge < -0.3 is 19.8 Å². The molecule has 0 aliphatic carbocycles. The maximum Gasteiger partial charge on any atom is 0.272 e. The Morgan fingerprint density at radius 2 is 2.28 bits per heavy atom. The Hall–Kier alpha value is -2.62. The molecule has 130 valence electrons. The van der Waals surface area contributed by atoms with Crippen LogP contribution < -0.4 is 5.32 Å². The molecule has 0 spiro atoms. The lowest BCUT2D eigenvalue weighted by Gasteiger charge is -2.22. The predicted octanol–water partition coefficient (Wildman–Crippen LogP) is 3.22. The van der Waals surface area contributed by atoms with Gasteiger partial charge in [-0.3, -0.25) is 4.79 Å². The van der Waals surface area contributed by atoms with E-state index >= 15 is 0 Å². The molecule has 25 heavy (non-hydrogen) atoms. The smallest absolute Gasteiger partial charge is 0.272 e. The Labute approximate surface area is 146 Å². The largest absolute Gasteiger partial charge is 0.376 e. The van der Waals surface area contributed by atoms with Gasteiger partial charge in [0, 0.05) is 12.3 Å². The van der Waals surface area contributed by atoms with Gasteiger partial charge in [-0.25, -0.2) is 0 Å². The van der Waals surface area contributed by atoms with Crippen molar-refractivity contribution in [2.75, 3.05) is 18.5 Å². The molecule has 0 radical (unpaired) electrons. The molecule has 1 aromatic heterocycles. The maximum atomic E-state index is 12.2. The molecule has 6 nitrogen and oxygen atoms in total. The number of anilines is 1. The van der Waals surface area contributed by atoms with E-state index < -0.39 is 0 Å². The fraction of sp³-hybridized carbons (Fsp3) is 0.368. The van der Waals surface area contributed by atoms with E-state index in [4.69, 9.17) is 14.7 Å². The van der Waals surface area contributed by atoms with Crippen LogP contribution >= 0.6 is 0 Å². The third-order valence-electron chi connectivity index (χ3n) is 4.08. The molecule has 1 amide bonds. The number of hydrogen-bond donors (Lipinski definition) is 2. The minimum Gasteiger partial charge on any atom is -0.376 e. The molecule has 6 heteroatoms. The van der Waals surface area contributed by atoms with Crippen LogP contribution in [-0.2, 0) is 16.1 Å². The first kappa shape index (κ1) is 17.2. The van der Waals surface area contributed by atoms with E-state index in [1.165, 1.54) is 6.42 Å². The normalized spacial score (nSPS) is 17.0. The van der Waals surface area contributed by atoms with E-state index in [1.807, 2.05) is 30.3 Å². The van der Waals surface area contributed by atoms with Crippen molar-refractivity contribution >= 4 is 11.6 Å². The molecule has 1 aromatic carbocycles. The number of nitrogens with one attached hydrogen (secondary N) is 2. The van der Waals surface area contributed by atoms with Gasteiger partial charge in [0.15, 0.2) is 0 Å². The first-order chi connectivity index (χ1) is 12.2. The summed E-state index contributed by atoms with van der Waals surface area (Å²) in [6.07, 6.45) is 3.58. The summed E-state index contributed by atoms with van der Waals surface area (Å²) in [6.45, 7) is 1.89.